The molecular formula is C42H64N6. The van der Waals surface area contributed by atoms with Crippen molar-refractivity contribution in [2.45, 2.75) is 176 Å². The van der Waals surface area contributed by atoms with Gasteiger partial charge in [-0.1, -0.05) is 0 Å². The summed E-state index contributed by atoms with van der Waals surface area (Å²) in [6.07, 6.45) is 33.6. The van der Waals surface area contributed by atoms with Gasteiger partial charge in [-0.25, -0.2) is 15.0 Å². The Morgan fingerprint density at radius 2 is 0.750 bits per heavy atom. The van der Waals surface area contributed by atoms with E-state index in [4.69, 9.17) is 15.7 Å². The smallest absolute Gasteiger partial charge is 0.214 e. The zero-order chi connectivity index (χ0) is 31.5. The lowest BCUT2D eigenvalue weighted by molar-refractivity contribution is -0.0765. The summed E-state index contributed by atoms with van der Waals surface area (Å²) >= 11 is 0. The molecule has 0 aromatic heterocycles. The molecular weight excluding hydrogens is 589 g/mol. The van der Waals surface area contributed by atoms with Gasteiger partial charge in [0, 0.05) is 5.54 Å². The standard InChI is InChI=1S/C42H64N6/c43-37(44-39-13-25-1-26(14-39)3-27(2-25)15-39)47-48(42-22-34-10-35(23-42)12-36(11-34)24-42)38(45-40-16-28-4-29(17-40)6-30(5-28)18-40)46-41-19-31-7-32(20-41)9-33(8-31)21-41/h25-36H,1-24H2,(H,45,46)(H3,43,44,47). The molecule has 16 saturated carbocycles. The Kier molecular flexibility index (Phi) is 6.01. The summed E-state index contributed by atoms with van der Waals surface area (Å²) in [7, 11) is 0. The van der Waals surface area contributed by atoms with E-state index in [1.165, 1.54) is 160 Å². The summed E-state index contributed by atoms with van der Waals surface area (Å²) in [5, 5.41) is 7.23. The van der Waals surface area contributed by atoms with Crippen molar-refractivity contribution in [1.29, 1.82) is 0 Å². The zero-order valence-electron chi connectivity index (χ0n) is 29.8. The maximum atomic E-state index is 7.29. The molecule has 6 heteroatoms. The van der Waals surface area contributed by atoms with Crippen LogP contribution in [0.15, 0.2) is 9.98 Å². The fraction of sp³-hybridized carbons (Fsp3) is 0.952. The van der Waals surface area contributed by atoms with E-state index in [1.54, 1.807) is 0 Å². The first-order valence-corrected chi connectivity index (χ1v) is 21.5. The number of hydrazine groups is 1. The fourth-order valence-corrected chi connectivity index (χ4v) is 18.4. The van der Waals surface area contributed by atoms with Crippen LogP contribution in [-0.2, 0) is 0 Å². The minimum absolute atomic E-state index is 0.0869. The Balaban J connectivity index is 0.962. The van der Waals surface area contributed by atoms with Crippen LogP contribution in [0.1, 0.15) is 154 Å². The number of guanidine groups is 2. The van der Waals surface area contributed by atoms with Gasteiger partial charge in [-0.3, -0.25) is 5.43 Å². The third-order valence-electron chi connectivity index (χ3n) is 18.0. The highest BCUT2D eigenvalue weighted by molar-refractivity contribution is 5.87. The van der Waals surface area contributed by atoms with Crippen molar-refractivity contribution in [1.82, 2.24) is 15.8 Å². The lowest BCUT2D eigenvalue weighted by Crippen LogP contribution is -2.72. The van der Waals surface area contributed by atoms with Gasteiger partial charge >= 0.3 is 0 Å². The lowest BCUT2D eigenvalue weighted by atomic mass is 9.52. The highest BCUT2D eigenvalue weighted by atomic mass is 15.6. The van der Waals surface area contributed by atoms with Gasteiger partial charge in [-0.05, 0) is 225 Å². The predicted molar refractivity (Wildman–Crippen MR) is 191 cm³/mol. The second-order valence-electron chi connectivity index (χ2n) is 22.1. The number of nitrogens with one attached hydrogen (secondary N) is 2. The van der Waals surface area contributed by atoms with E-state index in [9.17, 15) is 0 Å². The van der Waals surface area contributed by atoms with Gasteiger partial charge in [0.05, 0.1) is 16.6 Å². The molecule has 0 saturated heterocycles. The molecule has 16 aliphatic carbocycles. The van der Waals surface area contributed by atoms with Crippen LogP contribution in [0.4, 0.5) is 0 Å². The van der Waals surface area contributed by atoms with E-state index in [0.29, 0.717) is 0 Å². The van der Waals surface area contributed by atoms with Crippen LogP contribution in [-0.4, -0.2) is 39.1 Å². The average Bonchev–Trinajstić information content (AvgIpc) is 2.96. The molecule has 16 bridgehead atoms. The van der Waals surface area contributed by atoms with Gasteiger partial charge in [-0.2, -0.15) is 0 Å². The molecule has 0 aromatic carbocycles. The number of hydrogen-bond donors (Lipinski definition) is 3. The highest BCUT2D eigenvalue weighted by Crippen LogP contribution is 2.61. The summed E-state index contributed by atoms with van der Waals surface area (Å²) in [6.45, 7) is 0. The highest BCUT2D eigenvalue weighted by Gasteiger charge is 2.59. The molecule has 16 rings (SSSR count). The molecule has 48 heavy (non-hydrogen) atoms. The molecule has 0 atom stereocenters. The molecule has 16 fully saturated rings. The van der Waals surface area contributed by atoms with Gasteiger partial charge in [0.25, 0.3) is 0 Å². The first-order chi connectivity index (χ1) is 23.2. The minimum atomic E-state index is 0.0869. The molecule has 0 unspecified atom stereocenters. The molecule has 0 aliphatic heterocycles. The van der Waals surface area contributed by atoms with Crippen molar-refractivity contribution < 1.29 is 0 Å². The van der Waals surface area contributed by atoms with Crippen molar-refractivity contribution in [3.05, 3.63) is 0 Å². The van der Waals surface area contributed by atoms with Crippen molar-refractivity contribution in [2.24, 2.45) is 86.7 Å². The Labute approximate surface area is 290 Å². The fourth-order valence-electron chi connectivity index (χ4n) is 18.4. The third kappa shape index (κ3) is 4.60. The van der Waals surface area contributed by atoms with E-state index in [-0.39, 0.29) is 22.2 Å². The Morgan fingerprint density at radius 1 is 0.438 bits per heavy atom. The summed E-state index contributed by atoms with van der Waals surface area (Å²) in [5.74, 6) is 12.7. The van der Waals surface area contributed by atoms with E-state index in [1.807, 2.05) is 0 Å². The first-order valence-electron chi connectivity index (χ1n) is 21.5. The zero-order valence-corrected chi connectivity index (χ0v) is 29.8. The topological polar surface area (TPSA) is 78.0 Å². The average molecular weight is 653 g/mol. The van der Waals surface area contributed by atoms with Gasteiger partial charge < -0.3 is 11.1 Å². The summed E-state index contributed by atoms with van der Waals surface area (Å²) in [6, 6.07) is 0. The summed E-state index contributed by atoms with van der Waals surface area (Å²) < 4.78 is 0. The van der Waals surface area contributed by atoms with Crippen molar-refractivity contribution in [3.8, 4) is 0 Å². The SMILES string of the molecule is NC(=NC12CC3CC(CC(C3)C1)C2)NN(C(=NC12CC3CC(CC(C3)C1)C2)NC12CC3CC(CC(C3)C1)C2)C12CC3CC(CC(C3)C1)C2. The first kappa shape index (κ1) is 29.2. The van der Waals surface area contributed by atoms with Gasteiger partial charge in [0.1, 0.15) is 0 Å². The molecule has 0 amide bonds. The normalized spacial score (nSPS) is 57.9. The number of nitrogens with zero attached hydrogens (tertiary/aromatic N) is 3. The molecule has 0 heterocycles. The maximum absolute atomic E-state index is 7.29. The lowest BCUT2D eigenvalue weighted by Gasteiger charge is -2.62. The predicted octanol–water partition coefficient (Wildman–Crippen LogP) is 7.93. The van der Waals surface area contributed by atoms with Gasteiger partial charge in [0.15, 0.2) is 0 Å². The van der Waals surface area contributed by atoms with E-state index < -0.39 is 0 Å². The molecule has 0 aromatic rings. The van der Waals surface area contributed by atoms with Crippen LogP contribution in [0.25, 0.3) is 0 Å². The van der Waals surface area contributed by atoms with Crippen LogP contribution in [0.2, 0.25) is 0 Å². The molecule has 0 spiro atoms. The van der Waals surface area contributed by atoms with Crippen molar-refractivity contribution >= 4 is 11.9 Å². The molecule has 262 valence electrons. The van der Waals surface area contributed by atoms with Crippen LogP contribution in [0.3, 0.4) is 0 Å². The third-order valence-corrected chi connectivity index (χ3v) is 18.0. The van der Waals surface area contributed by atoms with Crippen LogP contribution < -0.4 is 16.5 Å². The molecule has 0 radical (unpaired) electrons. The second-order valence-corrected chi connectivity index (χ2v) is 22.1. The minimum Gasteiger partial charge on any atom is -0.369 e. The van der Waals surface area contributed by atoms with E-state index >= 15 is 0 Å². The number of nitrogens with two attached hydrogens (primary N) is 1. The van der Waals surface area contributed by atoms with Crippen molar-refractivity contribution in [2.75, 3.05) is 0 Å². The Hall–Kier alpha value is -1.46. The Bertz CT molecular complexity index is 1270. The quantitative estimate of drug-likeness (QED) is 0.164. The Morgan fingerprint density at radius 3 is 1.12 bits per heavy atom. The van der Waals surface area contributed by atoms with E-state index in [2.05, 4.69) is 15.8 Å². The van der Waals surface area contributed by atoms with E-state index in [0.717, 1.165) is 77.0 Å². The number of aliphatic imine (C=N–C) groups is 2. The van der Waals surface area contributed by atoms with Crippen molar-refractivity contribution in [3.63, 3.8) is 0 Å². The second kappa shape index (κ2) is 9.90. The summed E-state index contributed by atoms with van der Waals surface area (Å²) in [4.78, 5) is 11.9. The molecule has 4 N–H and O–H groups in total. The molecule has 16 aliphatic rings. The number of hydrogen-bond acceptors (Lipinski definition) is 2. The van der Waals surface area contributed by atoms with Gasteiger partial charge in [0.2, 0.25) is 11.9 Å². The monoisotopic (exact) mass is 653 g/mol. The maximum Gasteiger partial charge on any atom is 0.214 e. The van der Waals surface area contributed by atoms with Crippen LogP contribution in [0, 0.1) is 71.0 Å². The summed E-state index contributed by atoms with van der Waals surface area (Å²) in [5.41, 5.74) is 11.9. The molecule has 6 nitrogen and oxygen atoms in total. The number of rotatable bonds is 4. The van der Waals surface area contributed by atoms with Crippen LogP contribution >= 0.6 is 0 Å². The van der Waals surface area contributed by atoms with Gasteiger partial charge in [-0.15, -0.1) is 0 Å². The largest absolute Gasteiger partial charge is 0.369 e. The van der Waals surface area contributed by atoms with Crippen LogP contribution in [0.5, 0.6) is 0 Å².